The van der Waals surface area contributed by atoms with Crippen LogP contribution < -0.4 is 5.73 Å². The molecule has 1 atom stereocenters. The van der Waals surface area contributed by atoms with Crippen molar-refractivity contribution in [2.75, 3.05) is 0 Å². The maximum atomic E-state index is 10.0. The molecule has 3 heteroatoms. The molecule has 0 aromatic heterocycles. The van der Waals surface area contributed by atoms with Crippen molar-refractivity contribution in [3.63, 3.8) is 0 Å². The van der Waals surface area contributed by atoms with Crippen molar-refractivity contribution in [2.24, 2.45) is 5.73 Å². The van der Waals surface area contributed by atoms with Crippen LogP contribution in [0.4, 0.5) is 0 Å². The number of carboxylic acids is 1. The van der Waals surface area contributed by atoms with Crippen LogP contribution in [0.1, 0.15) is 12.8 Å². The van der Waals surface area contributed by atoms with Gasteiger partial charge in [-0.15, -0.1) is 12.3 Å². The van der Waals surface area contributed by atoms with Gasteiger partial charge in [0.1, 0.15) is 6.04 Å². The molecule has 0 unspecified atom stereocenters. The van der Waals surface area contributed by atoms with Gasteiger partial charge < -0.3 is 10.8 Å². The highest BCUT2D eigenvalue weighted by molar-refractivity contribution is 5.72. The molecule has 0 aliphatic rings. The van der Waals surface area contributed by atoms with Crippen LogP contribution in [0.15, 0.2) is 0 Å². The Balaban J connectivity index is 3.41. The second-order valence-corrected chi connectivity index (χ2v) is 1.69. The van der Waals surface area contributed by atoms with Crippen LogP contribution in [0, 0.1) is 12.3 Å². The number of rotatable bonds is 3. The quantitative estimate of drug-likeness (QED) is 0.516. The molecule has 0 radical (unpaired) electrons. The minimum Gasteiger partial charge on any atom is -0.480 e. The summed E-state index contributed by atoms with van der Waals surface area (Å²) in [5.74, 6) is 1.32. The molecule has 50 valence electrons. The minimum atomic E-state index is -0.995. The predicted molar refractivity (Wildman–Crippen MR) is 33.7 cm³/mol. The molecule has 0 rings (SSSR count). The van der Waals surface area contributed by atoms with Crippen molar-refractivity contribution >= 4 is 5.97 Å². The molecular formula is C6H9NO2. The van der Waals surface area contributed by atoms with Crippen molar-refractivity contribution < 1.29 is 9.90 Å². The lowest BCUT2D eigenvalue weighted by molar-refractivity contribution is -0.138. The van der Waals surface area contributed by atoms with E-state index in [1.165, 1.54) is 0 Å². The Kier molecular flexibility index (Phi) is 3.49. The van der Waals surface area contributed by atoms with Crippen LogP contribution in [0.5, 0.6) is 0 Å². The highest BCUT2D eigenvalue weighted by Crippen LogP contribution is 1.91. The van der Waals surface area contributed by atoms with E-state index < -0.39 is 12.0 Å². The van der Waals surface area contributed by atoms with E-state index >= 15 is 0 Å². The Morgan fingerprint density at radius 3 is 2.78 bits per heavy atom. The van der Waals surface area contributed by atoms with Crippen LogP contribution >= 0.6 is 0 Å². The number of nitrogens with two attached hydrogens (primary N) is 1. The fraction of sp³-hybridized carbons (Fsp3) is 0.500. The summed E-state index contributed by atoms with van der Waals surface area (Å²) in [7, 11) is 0. The second-order valence-electron chi connectivity index (χ2n) is 1.69. The van der Waals surface area contributed by atoms with Gasteiger partial charge >= 0.3 is 5.97 Å². The summed E-state index contributed by atoms with van der Waals surface area (Å²) in [6, 6.07) is -0.805. The minimum absolute atomic E-state index is 0.353. The summed E-state index contributed by atoms with van der Waals surface area (Å²) in [4.78, 5) is 10.0. The molecule has 0 heterocycles. The molecule has 9 heavy (non-hydrogen) atoms. The van der Waals surface area contributed by atoms with Crippen molar-refractivity contribution in [3.05, 3.63) is 0 Å². The lowest BCUT2D eigenvalue weighted by Crippen LogP contribution is -2.29. The van der Waals surface area contributed by atoms with Crippen LogP contribution in [0.25, 0.3) is 0 Å². The van der Waals surface area contributed by atoms with Gasteiger partial charge in [0, 0.05) is 6.42 Å². The molecule has 0 aromatic rings. The molecule has 0 aliphatic heterocycles. The number of carboxylic acid groups (broad SMARTS) is 1. The largest absolute Gasteiger partial charge is 0.480 e. The fourth-order valence-electron chi connectivity index (χ4n) is 0.362. The topological polar surface area (TPSA) is 63.3 Å². The summed E-state index contributed by atoms with van der Waals surface area (Å²) in [5, 5.41) is 8.22. The molecule has 3 nitrogen and oxygen atoms in total. The third-order valence-corrected chi connectivity index (χ3v) is 0.917. The zero-order valence-corrected chi connectivity index (χ0v) is 5.00. The number of terminal acetylenes is 1. The molecule has 0 aromatic carbocycles. The molecule has 3 N–H and O–H groups in total. The zero-order chi connectivity index (χ0) is 7.28. The third-order valence-electron chi connectivity index (χ3n) is 0.917. The predicted octanol–water partition coefficient (Wildman–Crippen LogP) is -0.188. The third kappa shape index (κ3) is 3.56. The van der Waals surface area contributed by atoms with Gasteiger partial charge in [0.15, 0.2) is 0 Å². The lowest BCUT2D eigenvalue weighted by Gasteiger charge is -2.00. The first kappa shape index (κ1) is 7.99. The van der Waals surface area contributed by atoms with E-state index in [1.807, 2.05) is 0 Å². The van der Waals surface area contributed by atoms with E-state index in [2.05, 4.69) is 5.92 Å². The maximum absolute atomic E-state index is 10.0. The average molecular weight is 127 g/mol. The van der Waals surface area contributed by atoms with E-state index in [4.69, 9.17) is 17.3 Å². The Labute approximate surface area is 53.9 Å². The average Bonchev–Trinajstić information content (AvgIpc) is 1.82. The Morgan fingerprint density at radius 1 is 1.89 bits per heavy atom. The van der Waals surface area contributed by atoms with Gasteiger partial charge in [0.2, 0.25) is 0 Å². The number of carbonyl (C=O) groups is 1. The highest BCUT2D eigenvalue weighted by Gasteiger charge is 2.08. The molecular weight excluding hydrogens is 118 g/mol. The molecule has 0 saturated heterocycles. The van der Waals surface area contributed by atoms with E-state index in [-0.39, 0.29) is 0 Å². The van der Waals surface area contributed by atoms with Gasteiger partial charge in [0.25, 0.3) is 0 Å². The van der Waals surface area contributed by atoms with Crippen LogP contribution in [0.3, 0.4) is 0 Å². The van der Waals surface area contributed by atoms with Crippen LogP contribution in [-0.4, -0.2) is 17.1 Å². The van der Waals surface area contributed by atoms with Crippen LogP contribution in [0.2, 0.25) is 0 Å². The van der Waals surface area contributed by atoms with E-state index in [0.29, 0.717) is 12.8 Å². The standard InChI is InChI=1S/C6H9NO2/c1-2-3-4-5(7)6(8)9/h1,5H,3-4,7H2,(H,8,9)/t5-/m0/s1. The molecule has 0 aliphatic carbocycles. The Morgan fingerprint density at radius 2 is 2.44 bits per heavy atom. The number of hydrogen-bond acceptors (Lipinski definition) is 2. The smallest absolute Gasteiger partial charge is 0.320 e. The molecule has 0 bridgehead atoms. The first-order valence-electron chi connectivity index (χ1n) is 2.60. The molecule has 0 amide bonds. The Bertz CT molecular complexity index is 136. The van der Waals surface area contributed by atoms with Crippen molar-refractivity contribution in [3.8, 4) is 12.3 Å². The van der Waals surface area contributed by atoms with Gasteiger partial charge in [-0.2, -0.15) is 0 Å². The van der Waals surface area contributed by atoms with E-state index in [1.54, 1.807) is 0 Å². The van der Waals surface area contributed by atoms with Gasteiger partial charge in [-0.3, -0.25) is 4.79 Å². The lowest BCUT2D eigenvalue weighted by atomic mass is 10.2. The van der Waals surface area contributed by atoms with E-state index in [0.717, 1.165) is 0 Å². The highest BCUT2D eigenvalue weighted by atomic mass is 16.4. The summed E-state index contributed by atoms with van der Waals surface area (Å²) in [5.41, 5.74) is 5.11. The monoisotopic (exact) mass is 127 g/mol. The van der Waals surface area contributed by atoms with Gasteiger partial charge in [-0.25, -0.2) is 0 Å². The van der Waals surface area contributed by atoms with Crippen molar-refractivity contribution in [1.82, 2.24) is 0 Å². The summed E-state index contributed by atoms with van der Waals surface area (Å²) >= 11 is 0. The van der Waals surface area contributed by atoms with Crippen LogP contribution in [-0.2, 0) is 4.79 Å². The van der Waals surface area contributed by atoms with E-state index in [9.17, 15) is 4.79 Å². The summed E-state index contributed by atoms with van der Waals surface area (Å²) < 4.78 is 0. The SMILES string of the molecule is C#CCC[C@H](N)C(=O)O. The zero-order valence-electron chi connectivity index (χ0n) is 5.00. The van der Waals surface area contributed by atoms with Crippen molar-refractivity contribution in [2.45, 2.75) is 18.9 Å². The Hall–Kier alpha value is -1.01. The molecule has 0 spiro atoms. The number of hydrogen-bond donors (Lipinski definition) is 2. The van der Waals surface area contributed by atoms with Gasteiger partial charge in [-0.05, 0) is 6.42 Å². The summed E-state index contributed by atoms with van der Waals surface area (Å²) in [6.07, 6.45) is 5.66. The van der Waals surface area contributed by atoms with Gasteiger partial charge in [0.05, 0.1) is 0 Å². The fourth-order valence-corrected chi connectivity index (χ4v) is 0.362. The first-order valence-corrected chi connectivity index (χ1v) is 2.60. The van der Waals surface area contributed by atoms with Gasteiger partial charge in [-0.1, -0.05) is 0 Å². The normalized spacial score (nSPS) is 12.0. The molecule has 0 fully saturated rings. The molecule has 0 saturated carbocycles. The maximum Gasteiger partial charge on any atom is 0.320 e. The van der Waals surface area contributed by atoms with Crippen molar-refractivity contribution in [1.29, 1.82) is 0 Å². The second kappa shape index (κ2) is 3.93. The number of aliphatic carboxylic acids is 1. The summed E-state index contributed by atoms with van der Waals surface area (Å²) in [6.45, 7) is 0. The first-order chi connectivity index (χ1) is 4.18.